The molecule has 1 aromatic carbocycles. The van der Waals surface area contributed by atoms with E-state index in [1.807, 2.05) is 36.1 Å². The smallest absolute Gasteiger partial charge is 0.133 e. The first-order valence-electron chi connectivity index (χ1n) is 5.48. The zero-order chi connectivity index (χ0) is 11.8. The number of ether oxygens (including phenoxy) is 1. The minimum absolute atomic E-state index is 0.760. The van der Waals surface area contributed by atoms with Crippen molar-refractivity contribution in [3.8, 4) is 5.75 Å². The molecular weight excluding hydrogens is 216 g/mol. The summed E-state index contributed by atoms with van der Waals surface area (Å²) in [7, 11) is 3.60. The molecule has 17 heavy (non-hydrogen) atoms. The van der Waals surface area contributed by atoms with Crippen molar-refractivity contribution in [3.05, 3.63) is 30.0 Å². The largest absolute Gasteiger partial charge is 0.497 e. The molecule has 0 atom stereocenters. The number of nitrogens with one attached hydrogen (secondary N) is 2. The van der Waals surface area contributed by atoms with Gasteiger partial charge in [-0.05, 0) is 12.1 Å². The van der Waals surface area contributed by atoms with E-state index in [0.717, 1.165) is 35.1 Å². The molecule has 88 valence electrons. The molecule has 1 aliphatic rings. The van der Waals surface area contributed by atoms with E-state index in [1.54, 1.807) is 7.11 Å². The SMILES string of the molecule is COc1ccc2c(c1)NCc1cnn(C)c1N2. The molecule has 2 aromatic rings. The molecule has 0 amide bonds. The summed E-state index contributed by atoms with van der Waals surface area (Å²) in [6.45, 7) is 0.760. The minimum Gasteiger partial charge on any atom is -0.497 e. The lowest BCUT2D eigenvalue weighted by Crippen LogP contribution is -1.99. The highest BCUT2D eigenvalue weighted by molar-refractivity contribution is 5.77. The Balaban J connectivity index is 2.05. The lowest BCUT2D eigenvalue weighted by molar-refractivity contribution is 0.415. The lowest BCUT2D eigenvalue weighted by atomic mass is 10.2. The van der Waals surface area contributed by atoms with Gasteiger partial charge in [0.2, 0.25) is 0 Å². The Bertz CT molecular complexity index is 562. The maximum Gasteiger partial charge on any atom is 0.133 e. The standard InChI is InChI=1S/C12H14N4O/c1-16-12-8(7-14-16)6-13-11-5-9(17-2)3-4-10(11)15-12/h3-5,7,13,15H,6H2,1-2H3. The number of nitrogens with zero attached hydrogens (tertiary/aromatic N) is 2. The van der Waals surface area contributed by atoms with Crippen molar-refractivity contribution in [1.82, 2.24) is 9.78 Å². The van der Waals surface area contributed by atoms with E-state index >= 15 is 0 Å². The summed E-state index contributed by atoms with van der Waals surface area (Å²) in [4.78, 5) is 0. The second-order valence-electron chi connectivity index (χ2n) is 4.03. The van der Waals surface area contributed by atoms with Crippen LogP contribution in [0.2, 0.25) is 0 Å². The molecular formula is C12H14N4O. The number of fused-ring (bicyclic) bond motifs is 2. The van der Waals surface area contributed by atoms with Gasteiger partial charge in [-0.2, -0.15) is 5.10 Å². The Morgan fingerprint density at radius 3 is 3.06 bits per heavy atom. The Morgan fingerprint density at radius 1 is 1.35 bits per heavy atom. The summed E-state index contributed by atoms with van der Waals surface area (Å²) >= 11 is 0. The van der Waals surface area contributed by atoms with Crippen LogP contribution in [0.4, 0.5) is 17.2 Å². The van der Waals surface area contributed by atoms with Crippen LogP contribution in [0.1, 0.15) is 5.56 Å². The van der Waals surface area contributed by atoms with Crippen LogP contribution in [0.3, 0.4) is 0 Å². The minimum atomic E-state index is 0.760. The van der Waals surface area contributed by atoms with Gasteiger partial charge in [0, 0.05) is 25.2 Å². The Kier molecular flexibility index (Phi) is 2.18. The zero-order valence-electron chi connectivity index (χ0n) is 9.82. The first kappa shape index (κ1) is 10.0. The zero-order valence-corrected chi connectivity index (χ0v) is 9.82. The first-order chi connectivity index (χ1) is 8.28. The third-order valence-electron chi connectivity index (χ3n) is 2.96. The molecule has 0 saturated heterocycles. The number of rotatable bonds is 1. The van der Waals surface area contributed by atoms with Gasteiger partial charge < -0.3 is 15.4 Å². The molecule has 0 aliphatic carbocycles. The highest BCUT2D eigenvalue weighted by atomic mass is 16.5. The summed E-state index contributed by atoms with van der Waals surface area (Å²) in [6.07, 6.45) is 1.87. The van der Waals surface area contributed by atoms with Crippen molar-refractivity contribution in [3.63, 3.8) is 0 Å². The van der Waals surface area contributed by atoms with Gasteiger partial charge in [-0.3, -0.25) is 4.68 Å². The maximum atomic E-state index is 5.22. The lowest BCUT2D eigenvalue weighted by Gasteiger charge is -2.10. The van der Waals surface area contributed by atoms with E-state index in [2.05, 4.69) is 15.7 Å². The number of methoxy groups -OCH3 is 1. The van der Waals surface area contributed by atoms with Crippen LogP contribution < -0.4 is 15.4 Å². The molecule has 5 nitrogen and oxygen atoms in total. The van der Waals surface area contributed by atoms with Crippen molar-refractivity contribution in [2.45, 2.75) is 6.54 Å². The Hall–Kier alpha value is -2.17. The van der Waals surface area contributed by atoms with E-state index in [4.69, 9.17) is 4.74 Å². The van der Waals surface area contributed by atoms with Crippen LogP contribution in [0.5, 0.6) is 5.75 Å². The summed E-state index contributed by atoms with van der Waals surface area (Å²) in [6, 6.07) is 5.93. The molecule has 3 rings (SSSR count). The van der Waals surface area contributed by atoms with Crippen molar-refractivity contribution < 1.29 is 4.74 Å². The number of hydrogen-bond donors (Lipinski definition) is 2. The third kappa shape index (κ3) is 1.60. The Labute approximate surface area is 99.4 Å². The average Bonchev–Trinajstić information content (AvgIpc) is 2.61. The van der Waals surface area contributed by atoms with Crippen molar-refractivity contribution >= 4 is 17.2 Å². The summed E-state index contributed by atoms with van der Waals surface area (Å²) < 4.78 is 7.06. The summed E-state index contributed by atoms with van der Waals surface area (Å²) in [5, 5.41) is 11.0. The first-order valence-corrected chi connectivity index (χ1v) is 5.48. The molecule has 0 fully saturated rings. The van der Waals surface area contributed by atoms with Crippen LogP contribution >= 0.6 is 0 Å². The quantitative estimate of drug-likeness (QED) is 0.787. The van der Waals surface area contributed by atoms with Gasteiger partial charge in [0.05, 0.1) is 24.7 Å². The second-order valence-corrected chi connectivity index (χ2v) is 4.03. The second kappa shape index (κ2) is 3.69. The number of benzene rings is 1. The highest BCUT2D eigenvalue weighted by Crippen LogP contribution is 2.33. The molecule has 2 heterocycles. The molecule has 1 aliphatic heterocycles. The van der Waals surface area contributed by atoms with Crippen LogP contribution in [0, 0.1) is 0 Å². The molecule has 0 unspecified atom stereocenters. The van der Waals surface area contributed by atoms with Gasteiger partial charge in [-0.1, -0.05) is 0 Å². The van der Waals surface area contributed by atoms with E-state index in [0.29, 0.717) is 0 Å². The van der Waals surface area contributed by atoms with Crippen LogP contribution in [-0.4, -0.2) is 16.9 Å². The predicted molar refractivity (Wildman–Crippen MR) is 66.8 cm³/mol. The highest BCUT2D eigenvalue weighted by Gasteiger charge is 2.15. The van der Waals surface area contributed by atoms with Gasteiger partial charge in [-0.25, -0.2) is 0 Å². The van der Waals surface area contributed by atoms with Gasteiger partial charge in [0.15, 0.2) is 0 Å². The third-order valence-corrected chi connectivity index (χ3v) is 2.96. The van der Waals surface area contributed by atoms with Crippen molar-refractivity contribution in [2.24, 2.45) is 7.05 Å². The summed E-state index contributed by atoms with van der Waals surface area (Å²) in [5.74, 6) is 1.88. The normalized spacial score (nSPS) is 12.8. The fourth-order valence-electron chi connectivity index (χ4n) is 2.00. The van der Waals surface area contributed by atoms with Crippen LogP contribution in [0.25, 0.3) is 0 Å². The number of hydrogen-bond acceptors (Lipinski definition) is 4. The van der Waals surface area contributed by atoms with Gasteiger partial charge >= 0.3 is 0 Å². The Morgan fingerprint density at radius 2 is 2.24 bits per heavy atom. The van der Waals surface area contributed by atoms with Crippen LogP contribution in [-0.2, 0) is 13.6 Å². The monoisotopic (exact) mass is 230 g/mol. The molecule has 2 N–H and O–H groups in total. The summed E-state index contributed by atoms with van der Waals surface area (Å²) in [5.41, 5.74) is 3.23. The van der Waals surface area contributed by atoms with Gasteiger partial charge in [0.25, 0.3) is 0 Å². The van der Waals surface area contributed by atoms with Crippen molar-refractivity contribution in [2.75, 3.05) is 17.7 Å². The van der Waals surface area contributed by atoms with E-state index in [9.17, 15) is 0 Å². The number of aryl methyl sites for hydroxylation is 1. The van der Waals surface area contributed by atoms with Gasteiger partial charge in [-0.15, -0.1) is 0 Å². The molecule has 0 spiro atoms. The maximum absolute atomic E-state index is 5.22. The fourth-order valence-corrected chi connectivity index (χ4v) is 2.00. The topological polar surface area (TPSA) is 51.1 Å². The fraction of sp³-hybridized carbons (Fsp3) is 0.250. The number of anilines is 3. The van der Waals surface area contributed by atoms with E-state index in [-0.39, 0.29) is 0 Å². The molecule has 1 aromatic heterocycles. The van der Waals surface area contributed by atoms with E-state index < -0.39 is 0 Å². The van der Waals surface area contributed by atoms with Crippen LogP contribution in [0.15, 0.2) is 24.4 Å². The predicted octanol–water partition coefficient (Wildman–Crippen LogP) is 2.10. The average molecular weight is 230 g/mol. The molecule has 0 bridgehead atoms. The number of aromatic nitrogens is 2. The molecule has 0 saturated carbocycles. The molecule has 5 heteroatoms. The molecule has 0 radical (unpaired) electrons. The van der Waals surface area contributed by atoms with E-state index in [1.165, 1.54) is 0 Å². The van der Waals surface area contributed by atoms with Gasteiger partial charge in [0.1, 0.15) is 11.6 Å². The van der Waals surface area contributed by atoms with Crippen molar-refractivity contribution in [1.29, 1.82) is 0 Å².